The summed E-state index contributed by atoms with van der Waals surface area (Å²) < 4.78 is 201. The molecule has 1 heterocycles. The number of ketones is 1. The van der Waals surface area contributed by atoms with Gasteiger partial charge >= 0.3 is 48.3 Å². The summed E-state index contributed by atoms with van der Waals surface area (Å²) in [5.41, 5.74) is -5.42. The maximum absolute atomic E-state index is 13.9. The molecular formula is C104H141F12N7O21. The average Bonchev–Trinajstić information content (AvgIpc) is 1.45. The SMILES string of the molecule is CC(=O)c1cc(F)cc(F)c1.CC(C)(C)OC(=O)CC(C)(C(=O)OC(C)(C)C)c1cc(F)cc(F)c1.CC(C)(C)OC(=O)NC(C)(C=O)c1cc(F)cc(F)c1.CC(c1cc(F)cc(F)c1)N(C(=O)OC(C)(C)C)C(=O)OC(C)(C)C.CC1(c2cc(F)cc(F)c2)CNC2(CCCC2)C(=O)N1.CCOO.COC(=O)C1(N)CCCC1.COC(=O)C1(NCC(C)(NC(=O)OC(C)(C)C)c2cc(F)cc(F)c2)CCCC1. The number of aldehydes is 1. The Bertz CT molecular complexity index is 5230. The molecule has 0 bridgehead atoms. The van der Waals surface area contributed by atoms with E-state index in [1.54, 1.807) is 145 Å². The lowest BCUT2D eigenvalue weighted by Crippen LogP contribution is -2.68. The van der Waals surface area contributed by atoms with E-state index in [2.05, 4.69) is 36.2 Å². The summed E-state index contributed by atoms with van der Waals surface area (Å²) in [5, 5.41) is 21.9. The van der Waals surface area contributed by atoms with E-state index < -0.39 is 191 Å². The number of carbonyl (C=O) groups is 11. The topological polar surface area (TPSA) is 380 Å². The Morgan fingerprint density at radius 3 is 1.16 bits per heavy atom. The van der Waals surface area contributed by atoms with Gasteiger partial charge in [0.2, 0.25) is 5.91 Å². The zero-order chi connectivity index (χ0) is 110. The first-order valence-corrected chi connectivity index (χ1v) is 46.4. The van der Waals surface area contributed by atoms with Gasteiger partial charge in [-0.25, -0.2) is 81.7 Å². The van der Waals surface area contributed by atoms with E-state index in [-0.39, 0.29) is 58.0 Å². The molecule has 1 aliphatic heterocycles. The number of halogens is 12. The highest BCUT2D eigenvalue weighted by atomic mass is 19.2. The molecule has 4 aliphatic rings. The molecule has 28 nitrogen and oxygen atoms in total. The molecule has 8 N–H and O–H groups in total. The van der Waals surface area contributed by atoms with E-state index >= 15 is 0 Å². The Balaban J connectivity index is 0.000000437. The van der Waals surface area contributed by atoms with Crippen LogP contribution in [-0.4, -0.2) is 161 Å². The van der Waals surface area contributed by atoms with Crippen molar-refractivity contribution in [3.8, 4) is 0 Å². The van der Waals surface area contributed by atoms with E-state index in [1.165, 1.54) is 54.0 Å². The van der Waals surface area contributed by atoms with Crippen LogP contribution in [0.2, 0.25) is 0 Å². The van der Waals surface area contributed by atoms with E-state index in [4.69, 9.17) is 44.1 Å². The number of piperazine rings is 1. The van der Waals surface area contributed by atoms with E-state index in [0.29, 0.717) is 60.9 Å². The number of esters is 4. The van der Waals surface area contributed by atoms with Gasteiger partial charge in [-0.1, -0.05) is 38.5 Å². The Labute approximate surface area is 834 Å². The highest BCUT2D eigenvalue weighted by molar-refractivity contribution is 5.94. The molecule has 5 amide bonds. The smallest absolute Gasteiger partial charge is 0.420 e. The van der Waals surface area contributed by atoms with Gasteiger partial charge in [-0.05, 0) is 312 Å². The molecule has 0 aromatic heterocycles. The average molecular weight is 2050 g/mol. The fraction of sp³-hybridized carbons (Fsp3) is 0.548. The molecule has 802 valence electrons. The van der Waals surface area contributed by atoms with Crippen molar-refractivity contribution in [3.05, 3.63) is 212 Å². The molecule has 3 saturated carbocycles. The van der Waals surface area contributed by atoms with E-state index in [9.17, 15) is 105 Å². The van der Waals surface area contributed by atoms with Crippen LogP contribution in [0, 0.1) is 69.8 Å². The number of ether oxygens (including phenoxy) is 8. The number of hydrogen-bond acceptors (Lipinski definition) is 24. The summed E-state index contributed by atoms with van der Waals surface area (Å²) in [6.45, 7) is 41.6. The molecule has 6 aromatic carbocycles. The number of methoxy groups -OCH3 is 2. The van der Waals surface area contributed by atoms with Gasteiger partial charge in [0, 0.05) is 55.1 Å². The maximum atomic E-state index is 13.9. The predicted octanol–water partition coefficient (Wildman–Crippen LogP) is 21.5. The maximum Gasteiger partial charge on any atom is 0.420 e. The molecular weight excluding hydrogens is 1910 g/mol. The van der Waals surface area contributed by atoms with Gasteiger partial charge in [0.25, 0.3) is 0 Å². The molecule has 10 rings (SSSR count). The minimum absolute atomic E-state index is 0.00383. The number of nitrogens with zero attached hydrogens (tertiary/aromatic N) is 1. The Morgan fingerprint density at radius 1 is 0.465 bits per heavy atom. The monoisotopic (exact) mass is 2050 g/mol. The summed E-state index contributed by atoms with van der Waals surface area (Å²) in [6, 6.07) is 16.4. The van der Waals surface area contributed by atoms with E-state index in [1.807, 2.05) is 0 Å². The van der Waals surface area contributed by atoms with Crippen LogP contribution in [0.25, 0.3) is 0 Å². The van der Waals surface area contributed by atoms with Crippen LogP contribution in [0.5, 0.6) is 0 Å². The van der Waals surface area contributed by atoms with Gasteiger partial charge in [0.15, 0.2) is 5.78 Å². The van der Waals surface area contributed by atoms with Crippen LogP contribution in [0.15, 0.2) is 109 Å². The number of nitrogens with two attached hydrogens (primary N) is 1. The Morgan fingerprint density at radius 2 is 0.806 bits per heavy atom. The van der Waals surface area contributed by atoms with Gasteiger partial charge < -0.3 is 69.7 Å². The second-order valence-electron chi connectivity index (χ2n) is 41.9. The zero-order valence-corrected chi connectivity index (χ0v) is 87.0. The fourth-order valence-electron chi connectivity index (χ4n) is 14.8. The van der Waals surface area contributed by atoms with Crippen LogP contribution < -0.4 is 32.3 Å². The molecule has 1 saturated heterocycles. The predicted molar refractivity (Wildman–Crippen MR) is 512 cm³/mol. The summed E-state index contributed by atoms with van der Waals surface area (Å²) in [4.78, 5) is 136. The fourth-order valence-corrected chi connectivity index (χ4v) is 14.8. The summed E-state index contributed by atoms with van der Waals surface area (Å²) in [7, 11) is 2.71. The van der Waals surface area contributed by atoms with Gasteiger partial charge in [0.1, 0.15) is 132 Å². The number of benzene rings is 6. The van der Waals surface area contributed by atoms with Crippen molar-refractivity contribution in [2.24, 2.45) is 5.73 Å². The number of hydrogen-bond donors (Lipinski definition) is 7. The first-order chi connectivity index (χ1) is 65.9. The Hall–Kier alpha value is -11.8. The van der Waals surface area contributed by atoms with Gasteiger partial charge in [-0.2, -0.15) is 0 Å². The van der Waals surface area contributed by atoms with Crippen molar-refractivity contribution >= 4 is 66.2 Å². The number of Topliss-reactive ketones (excluding diaryl/α,β-unsaturated/α-hetero) is 1. The third-order valence-electron chi connectivity index (χ3n) is 21.8. The molecule has 3 aliphatic carbocycles. The second kappa shape index (κ2) is 52.9. The first-order valence-electron chi connectivity index (χ1n) is 46.4. The number of alkyl carbamates (subject to hydrolysis) is 2. The summed E-state index contributed by atoms with van der Waals surface area (Å²) >= 11 is 0. The number of amides is 5. The van der Waals surface area contributed by atoms with Crippen LogP contribution in [0.4, 0.5) is 71.9 Å². The van der Waals surface area contributed by atoms with Gasteiger partial charge in [-0.15, -0.1) is 0 Å². The largest absolute Gasteiger partial charge is 0.468 e. The lowest BCUT2D eigenvalue weighted by molar-refractivity contribution is -0.237. The third-order valence-corrected chi connectivity index (χ3v) is 21.8. The molecule has 5 unspecified atom stereocenters. The highest BCUT2D eigenvalue weighted by Crippen LogP contribution is 2.40. The van der Waals surface area contributed by atoms with Crippen LogP contribution >= 0.6 is 0 Å². The minimum Gasteiger partial charge on any atom is -0.468 e. The Kier molecular flexibility index (Phi) is 46.4. The molecule has 1 spiro atoms. The normalized spacial score (nSPS) is 16.9. The lowest BCUT2D eigenvalue weighted by atomic mass is 9.79. The molecule has 0 radical (unpaired) electrons. The molecule has 6 aromatic rings. The van der Waals surface area contributed by atoms with Gasteiger partial charge in [0.05, 0.1) is 49.9 Å². The molecule has 4 fully saturated rings. The van der Waals surface area contributed by atoms with Crippen molar-refractivity contribution in [2.45, 2.75) is 335 Å². The van der Waals surface area contributed by atoms with Crippen molar-refractivity contribution in [2.75, 3.05) is 33.9 Å². The number of imide groups is 1. The van der Waals surface area contributed by atoms with Crippen molar-refractivity contribution < 1.29 is 153 Å². The van der Waals surface area contributed by atoms with Crippen molar-refractivity contribution in [1.29, 1.82) is 0 Å². The number of nitrogens with one attached hydrogen (secondary N) is 5. The van der Waals surface area contributed by atoms with Crippen molar-refractivity contribution in [1.82, 2.24) is 31.5 Å². The van der Waals surface area contributed by atoms with Crippen LogP contribution in [-0.2, 0) is 93.6 Å². The highest BCUT2D eigenvalue weighted by Gasteiger charge is 2.50. The van der Waals surface area contributed by atoms with Crippen LogP contribution in [0.3, 0.4) is 0 Å². The third kappa shape index (κ3) is 42.1. The number of rotatable bonds is 19. The summed E-state index contributed by atoms with van der Waals surface area (Å²) in [5.74, 6) is -11.7. The minimum atomic E-state index is -1.58. The van der Waals surface area contributed by atoms with E-state index in [0.717, 1.165) is 143 Å². The second-order valence-corrected chi connectivity index (χ2v) is 41.9. The zero-order valence-electron chi connectivity index (χ0n) is 87.0. The van der Waals surface area contributed by atoms with Gasteiger partial charge in [-0.3, -0.25) is 39.3 Å². The lowest BCUT2D eigenvalue weighted by Gasteiger charge is -2.44. The molecule has 40 heteroatoms. The summed E-state index contributed by atoms with van der Waals surface area (Å²) in [6.07, 6.45) is 6.74. The molecule has 144 heavy (non-hydrogen) atoms. The van der Waals surface area contributed by atoms with Crippen molar-refractivity contribution in [3.63, 3.8) is 0 Å². The molecule has 5 atom stereocenters. The quantitative estimate of drug-likeness (QED) is 0.00753. The number of carbonyl (C=O) groups excluding carboxylic acids is 11. The first kappa shape index (κ1) is 126. The van der Waals surface area contributed by atoms with Crippen LogP contribution in [0.1, 0.15) is 301 Å². The standard InChI is InChI=1S/C21H30F2N2O4.C19H26F2O4.C18H25F2NO4.C15H18F2N2O.C14H17F2NO3.C8H6F2O.C7H13NO2.C2H6O2/c1-19(2,3)29-18(27)25-20(4,14-10-15(22)12-16(23)11-14)13-24-21(17(26)28-5)8-6-7-9-21;1-17(2,3)24-15(22)11-19(7,16(23)25-18(4,5)6)12-8-13(20)10-14(21)9-12;1-11(12-8-13(19)10-14(20)9-12)21(15(22)24-17(2,3)4)16(23)25-18(5,6)7;1-14(10-6-11(16)8-12(17)7-10)9-18-15(13(20)19-14)4-2-3-5-15;1-13(2,3)20-12(19)17-14(4,8-18)9-5-10(15)7-11(16)6-9;1-5(11)6-2-7(9)4-8(10)3-6;1-10-6(9)7(8)4-2-3-5-7;1-2-4-3/h10-12,24H,6-9,13H2,1-5H3,(H,25,27);8-10H,11H2,1-7H3;8-11H,1-7H3;6-8,18H,2-5,9H2,1H3,(H,19,20);5-8H,1-4H3,(H,17,19);2-4H,1H3;2-5,8H2,1H3;3H,2H2,1H3.